The number of carbonyl (C=O) groups is 1. The van der Waals surface area contributed by atoms with Crippen LogP contribution in [0.3, 0.4) is 0 Å². The number of pyridine rings is 2. The molecule has 0 spiro atoms. The predicted molar refractivity (Wildman–Crippen MR) is 60.6 cm³/mol. The molecule has 0 amide bonds. The molecule has 82 valence electrons. The third kappa shape index (κ3) is 1.52. The highest BCUT2D eigenvalue weighted by Crippen LogP contribution is 2.23. The lowest BCUT2D eigenvalue weighted by Crippen LogP contribution is -2.07. The van der Waals surface area contributed by atoms with Gasteiger partial charge in [0.25, 0.3) is 0 Å². The van der Waals surface area contributed by atoms with Crippen LogP contribution in [0.1, 0.15) is 28.5 Å². The lowest BCUT2D eigenvalue weighted by atomic mass is 10.00. The number of aryl methyl sites for hydroxylation is 2. The second-order valence-corrected chi connectivity index (χ2v) is 3.60. The quantitative estimate of drug-likeness (QED) is 0.835. The molecule has 2 rings (SSSR count). The molecule has 0 aliphatic heterocycles. The van der Waals surface area contributed by atoms with Crippen LogP contribution < -0.4 is 0 Å². The topological polar surface area (TPSA) is 63.1 Å². The summed E-state index contributed by atoms with van der Waals surface area (Å²) in [4.78, 5) is 19.4. The molecule has 2 heterocycles. The Hall–Kier alpha value is -1.97. The summed E-state index contributed by atoms with van der Waals surface area (Å²) in [5.74, 6) is -0.916. The molecule has 0 atom stereocenters. The molecule has 16 heavy (non-hydrogen) atoms. The zero-order valence-electron chi connectivity index (χ0n) is 9.19. The van der Waals surface area contributed by atoms with Gasteiger partial charge in [-0.3, -0.25) is 9.97 Å². The molecule has 0 bridgehead atoms. The van der Waals surface area contributed by atoms with Crippen molar-refractivity contribution < 1.29 is 9.90 Å². The van der Waals surface area contributed by atoms with Gasteiger partial charge in [0.2, 0.25) is 0 Å². The Morgan fingerprint density at radius 2 is 2.25 bits per heavy atom. The molecule has 0 radical (unpaired) electrons. The summed E-state index contributed by atoms with van der Waals surface area (Å²) < 4.78 is 0. The molecule has 4 heteroatoms. The maximum Gasteiger partial charge on any atom is 0.337 e. The molecule has 0 aromatic carbocycles. The second kappa shape index (κ2) is 3.89. The Balaban J connectivity index is 2.90. The normalized spacial score (nSPS) is 10.6. The van der Waals surface area contributed by atoms with E-state index in [9.17, 15) is 9.90 Å². The molecule has 0 aliphatic carbocycles. The van der Waals surface area contributed by atoms with Crippen molar-refractivity contribution in [3.63, 3.8) is 0 Å². The number of rotatable bonds is 2. The largest absolute Gasteiger partial charge is 0.478 e. The average molecular weight is 216 g/mol. The summed E-state index contributed by atoms with van der Waals surface area (Å²) in [5.41, 5.74) is 2.45. The van der Waals surface area contributed by atoms with Crippen molar-refractivity contribution in [2.24, 2.45) is 0 Å². The van der Waals surface area contributed by atoms with Gasteiger partial charge in [0.15, 0.2) is 0 Å². The molecule has 1 N–H and O–H groups in total. The number of hydrogen-bond acceptors (Lipinski definition) is 3. The van der Waals surface area contributed by atoms with Crippen molar-refractivity contribution in [1.82, 2.24) is 9.97 Å². The van der Waals surface area contributed by atoms with Gasteiger partial charge in [-0.2, -0.15) is 0 Å². The maximum atomic E-state index is 11.2. The fourth-order valence-electron chi connectivity index (χ4n) is 1.97. The monoisotopic (exact) mass is 216 g/mol. The van der Waals surface area contributed by atoms with Gasteiger partial charge in [0, 0.05) is 11.6 Å². The van der Waals surface area contributed by atoms with E-state index in [1.54, 1.807) is 19.3 Å². The van der Waals surface area contributed by atoms with Crippen LogP contribution in [0.2, 0.25) is 0 Å². The summed E-state index contributed by atoms with van der Waals surface area (Å²) in [6.45, 7) is 3.66. The van der Waals surface area contributed by atoms with Crippen LogP contribution in [0.25, 0.3) is 10.9 Å². The lowest BCUT2D eigenvalue weighted by molar-refractivity contribution is 0.0694. The van der Waals surface area contributed by atoms with Gasteiger partial charge in [-0.25, -0.2) is 4.79 Å². The minimum absolute atomic E-state index is 0.321. The molecular formula is C12H12N2O2. The van der Waals surface area contributed by atoms with Gasteiger partial charge < -0.3 is 5.11 Å². The Bertz CT molecular complexity index is 564. The Kier molecular flexibility index (Phi) is 2.56. The average Bonchev–Trinajstić information content (AvgIpc) is 2.26. The molecule has 0 saturated carbocycles. The number of carboxylic acid groups (broad SMARTS) is 1. The van der Waals surface area contributed by atoms with E-state index in [0.29, 0.717) is 17.7 Å². The molecule has 2 aromatic rings. The van der Waals surface area contributed by atoms with Crippen LogP contribution in [0.4, 0.5) is 0 Å². The molecule has 0 fully saturated rings. The van der Waals surface area contributed by atoms with Gasteiger partial charge in [-0.1, -0.05) is 6.92 Å². The summed E-state index contributed by atoms with van der Waals surface area (Å²) in [5, 5.41) is 10.1. The van der Waals surface area contributed by atoms with E-state index in [4.69, 9.17) is 0 Å². The highest BCUT2D eigenvalue weighted by Gasteiger charge is 2.16. The van der Waals surface area contributed by atoms with E-state index in [0.717, 1.165) is 16.5 Å². The minimum Gasteiger partial charge on any atom is -0.478 e. The number of aromatic carboxylic acids is 1. The summed E-state index contributed by atoms with van der Waals surface area (Å²) >= 11 is 0. The van der Waals surface area contributed by atoms with Gasteiger partial charge in [-0.15, -0.1) is 0 Å². The van der Waals surface area contributed by atoms with Crippen LogP contribution in [0, 0.1) is 6.92 Å². The third-order valence-electron chi connectivity index (χ3n) is 2.64. The standard InChI is InChI=1S/C12H12N2O2/c1-3-8-9-4-5-13-6-10(9)14-7(2)11(8)12(15)16/h4-6H,3H2,1-2H3,(H,15,16). The first-order chi connectivity index (χ1) is 7.65. The first-order valence-electron chi connectivity index (χ1n) is 5.11. The van der Waals surface area contributed by atoms with Crippen LogP contribution in [-0.4, -0.2) is 21.0 Å². The van der Waals surface area contributed by atoms with Crippen molar-refractivity contribution in [2.45, 2.75) is 20.3 Å². The van der Waals surface area contributed by atoms with Gasteiger partial charge >= 0.3 is 5.97 Å². The van der Waals surface area contributed by atoms with Crippen LogP contribution in [0.5, 0.6) is 0 Å². The van der Waals surface area contributed by atoms with Crippen molar-refractivity contribution in [1.29, 1.82) is 0 Å². The Morgan fingerprint density at radius 3 is 2.88 bits per heavy atom. The van der Waals surface area contributed by atoms with E-state index < -0.39 is 5.97 Å². The van der Waals surface area contributed by atoms with E-state index in [2.05, 4.69) is 9.97 Å². The molecule has 2 aromatic heterocycles. The summed E-state index contributed by atoms with van der Waals surface area (Å²) in [6.07, 6.45) is 3.99. The van der Waals surface area contributed by atoms with E-state index in [1.807, 2.05) is 13.0 Å². The van der Waals surface area contributed by atoms with E-state index in [1.165, 1.54) is 0 Å². The number of hydrogen-bond donors (Lipinski definition) is 1. The highest BCUT2D eigenvalue weighted by molar-refractivity contribution is 5.97. The summed E-state index contributed by atoms with van der Waals surface area (Å²) in [6, 6.07) is 1.81. The smallest absolute Gasteiger partial charge is 0.337 e. The van der Waals surface area contributed by atoms with Crippen LogP contribution in [0.15, 0.2) is 18.5 Å². The van der Waals surface area contributed by atoms with Crippen LogP contribution >= 0.6 is 0 Å². The summed E-state index contributed by atoms with van der Waals surface area (Å²) in [7, 11) is 0. The third-order valence-corrected chi connectivity index (χ3v) is 2.64. The lowest BCUT2D eigenvalue weighted by Gasteiger charge is -2.10. The zero-order valence-corrected chi connectivity index (χ0v) is 9.19. The fraction of sp³-hybridized carbons (Fsp3) is 0.250. The van der Waals surface area contributed by atoms with E-state index in [-0.39, 0.29) is 0 Å². The fourth-order valence-corrected chi connectivity index (χ4v) is 1.97. The minimum atomic E-state index is -0.916. The maximum absolute atomic E-state index is 11.2. The Labute approximate surface area is 93.0 Å². The molecule has 0 saturated heterocycles. The van der Waals surface area contributed by atoms with Crippen molar-refractivity contribution in [2.75, 3.05) is 0 Å². The molecule has 4 nitrogen and oxygen atoms in total. The second-order valence-electron chi connectivity index (χ2n) is 3.60. The van der Waals surface area contributed by atoms with Crippen molar-refractivity contribution in [3.05, 3.63) is 35.3 Å². The molecular weight excluding hydrogens is 204 g/mol. The van der Waals surface area contributed by atoms with Crippen molar-refractivity contribution >= 4 is 16.9 Å². The zero-order chi connectivity index (χ0) is 11.7. The van der Waals surface area contributed by atoms with Gasteiger partial charge in [-0.05, 0) is 25.0 Å². The van der Waals surface area contributed by atoms with Gasteiger partial charge in [0.1, 0.15) is 0 Å². The highest BCUT2D eigenvalue weighted by atomic mass is 16.4. The van der Waals surface area contributed by atoms with Gasteiger partial charge in [0.05, 0.1) is 23.0 Å². The predicted octanol–water partition coefficient (Wildman–Crippen LogP) is 2.20. The first-order valence-corrected chi connectivity index (χ1v) is 5.11. The SMILES string of the molecule is CCc1c(C(=O)O)c(C)nc2cnccc12. The first kappa shape index (κ1) is 10.5. The number of nitrogens with zero attached hydrogens (tertiary/aromatic N) is 2. The molecule has 0 aliphatic rings. The Morgan fingerprint density at radius 1 is 1.50 bits per heavy atom. The number of aromatic nitrogens is 2. The van der Waals surface area contributed by atoms with Crippen molar-refractivity contribution in [3.8, 4) is 0 Å². The molecule has 0 unspecified atom stereocenters. The van der Waals surface area contributed by atoms with E-state index >= 15 is 0 Å². The van der Waals surface area contributed by atoms with Crippen LogP contribution in [-0.2, 0) is 6.42 Å². The number of carboxylic acids is 1. The number of fused-ring (bicyclic) bond motifs is 1.